The van der Waals surface area contributed by atoms with Crippen LogP contribution in [0.4, 0.5) is 0 Å². The van der Waals surface area contributed by atoms with Gasteiger partial charge in [-0.2, -0.15) is 0 Å². The van der Waals surface area contributed by atoms with Gasteiger partial charge in [0, 0.05) is 12.3 Å². The van der Waals surface area contributed by atoms with E-state index in [1.807, 2.05) is 19.1 Å². The molecule has 6 rings (SSSR count). The highest BCUT2D eigenvalue weighted by atomic mass is 16.5. The number of hydrogen-bond acceptors (Lipinski definition) is 4. The second-order valence-electron chi connectivity index (χ2n) is 9.28. The van der Waals surface area contributed by atoms with Crippen LogP contribution in [-0.4, -0.2) is 15.4 Å². The van der Waals surface area contributed by atoms with Crippen molar-refractivity contribution in [3.05, 3.63) is 46.0 Å². The molecule has 4 aliphatic carbocycles. The molecule has 0 aliphatic heterocycles. The van der Waals surface area contributed by atoms with Gasteiger partial charge in [-0.15, -0.1) is 0 Å². The Kier molecular flexibility index (Phi) is 3.88. The van der Waals surface area contributed by atoms with Crippen LogP contribution in [0.2, 0.25) is 0 Å². The molecular weight excluding hydrogens is 340 g/mol. The molecule has 27 heavy (non-hydrogen) atoms. The predicted molar refractivity (Wildman–Crippen MR) is 101 cm³/mol. The third kappa shape index (κ3) is 3.17. The molecule has 4 aliphatic rings. The van der Waals surface area contributed by atoms with Gasteiger partial charge in [-0.3, -0.25) is 14.0 Å². The molecule has 2 heterocycles. The fourth-order valence-electron chi connectivity index (χ4n) is 6.35. The van der Waals surface area contributed by atoms with E-state index in [4.69, 9.17) is 4.74 Å². The quantitative estimate of drug-likeness (QED) is 0.775. The number of fused-ring (bicyclic) bond motifs is 1. The first-order valence-electron chi connectivity index (χ1n) is 10.1. The van der Waals surface area contributed by atoms with Crippen molar-refractivity contribution in [1.82, 2.24) is 9.38 Å². The number of esters is 1. The topological polar surface area (TPSA) is 60.7 Å². The van der Waals surface area contributed by atoms with E-state index in [-0.39, 0.29) is 23.6 Å². The number of carbonyl (C=O) groups excluding carboxylic acids is 1. The zero-order valence-corrected chi connectivity index (χ0v) is 15.8. The summed E-state index contributed by atoms with van der Waals surface area (Å²) >= 11 is 0. The van der Waals surface area contributed by atoms with Gasteiger partial charge in [0.25, 0.3) is 5.56 Å². The van der Waals surface area contributed by atoms with E-state index in [9.17, 15) is 9.59 Å². The molecular formula is C22H26N2O3. The number of hydrogen-bond donors (Lipinski definition) is 0. The fourth-order valence-corrected chi connectivity index (χ4v) is 6.35. The Balaban J connectivity index is 1.26. The second-order valence-corrected chi connectivity index (χ2v) is 9.28. The van der Waals surface area contributed by atoms with Gasteiger partial charge >= 0.3 is 5.97 Å². The van der Waals surface area contributed by atoms with Crippen molar-refractivity contribution in [2.45, 2.75) is 58.5 Å². The molecule has 4 fully saturated rings. The molecule has 4 bridgehead atoms. The van der Waals surface area contributed by atoms with Crippen molar-refractivity contribution in [1.29, 1.82) is 0 Å². The van der Waals surface area contributed by atoms with Crippen LogP contribution >= 0.6 is 0 Å². The van der Waals surface area contributed by atoms with Gasteiger partial charge in [-0.05, 0) is 80.2 Å². The van der Waals surface area contributed by atoms with Crippen LogP contribution < -0.4 is 5.56 Å². The van der Waals surface area contributed by atoms with Crippen molar-refractivity contribution >= 4 is 11.6 Å². The molecule has 0 atom stereocenters. The number of rotatable bonds is 4. The normalized spacial score (nSPS) is 31.4. The van der Waals surface area contributed by atoms with Crippen LogP contribution in [0.1, 0.15) is 56.2 Å². The van der Waals surface area contributed by atoms with Gasteiger partial charge in [0.1, 0.15) is 12.3 Å². The maximum Gasteiger partial charge on any atom is 0.306 e. The van der Waals surface area contributed by atoms with Crippen LogP contribution in [0.25, 0.3) is 5.65 Å². The molecule has 0 amide bonds. The summed E-state index contributed by atoms with van der Waals surface area (Å²) in [5, 5.41) is 0. The molecule has 0 N–H and O–H groups in total. The van der Waals surface area contributed by atoms with Gasteiger partial charge < -0.3 is 4.74 Å². The molecule has 5 heteroatoms. The summed E-state index contributed by atoms with van der Waals surface area (Å²) < 4.78 is 7.07. The van der Waals surface area contributed by atoms with Gasteiger partial charge in [-0.1, -0.05) is 6.07 Å². The van der Waals surface area contributed by atoms with Crippen LogP contribution in [0.5, 0.6) is 0 Å². The first-order valence-corrected chi connectivity index (χ1v) is 10.1. The summed E-state index contributed by atoms with van der Waals surface area (Å²) in [6.45, 7) is 2.01. The van der Waals surface area contributed by atoms with Crippen molar-refractivity contribution in [2.75, 3.05) is 0 Å². The van der Waals surface area contributed by atoms with Crippen LogP contribution in [0.15, 0.2) is 29.2 Å². The molecule has 0 spiro atoms. The third-order valence-electron chi connectivity index (χ3n) is 6.93. The lowest BCUT2D eigenvalue weighted by Gasteiger charge is -2.56. The smallest absolute Gasteiger partial charge is 0.306 e. The second kappa shape index (κ2) is 6.18. The zero-order chi connectivity index (χ0) is 18.6. The minimum atomic E-state index is -0.143. The lowest BCUT2D eigenvalue weighted by atomic mass is 9.49. The number of nitrogens with zero attached hydrogens (tertiary/aromatic N) is 2. The molecule has 142 valence electrons. The van der Waals surface area contributed by atoms with Crippen LogP contribution in [-0.2, 0) is 16.1 Å². The summed E-state index contributed by atoms with van der Waals surface area (Å²) in [6.07, 6.45) is 10.0. The SMILES string of the molecule is Cc1ccc2nc(COC(=O)CC34CC5CC(CC(C5)C3)C4)cc(=O)n2c1. The van der Waals surface area contributed by atoms with Crippen LogP contribution in [0.3, 0.4) is 0 Å². The Morgan fingerprint density at radius 1 is 1.19 bits per heavy atom. The Bertz CT molecular complexity index is 926. The summed E-state index contributed by atoms with van der Waals surface area (Å²) in [6, 6.07) is 5.20. The van der Waals surface area contributed by atoms with E-state index in [0.29, 0.717) is 17.8 Å². The first-order chi connectivity index (χ1) is 13.0. The van der Waals surface area contributed by atoms with Gasteiger partial charge in [-0.25, -0.2) is 4.98 Å². The van der Waals surface area contributed by atoms with E-state index in [0.717, 1.165) is 23.3 Å². The van der Waals surface area contributed by atoms with E-state index in [2.05, 4.69) is 4.98 Å². The summed E-state index contributed by atoms with van der Waals surface area (Å²) in [7, 11) is 0. The number of aromatic nitrogens is 2. The molecule has 2 aromatic heterocycles. The Labute approximate surface area is 158 Å². The molecule has 0 aromatic carbocycles. The first kappa shape index (κ1) is 17.0. The number of ether oxygens (including phenoxy) is 1. The molecule has 0 radical (unpaired) electrons. The molecule has 2 aromatic rings. The Morgan fingerprint density at radius 3 is 2.52 bits per heavy atom. The average molecular weight is 366 g/mol. The maximum atomic E-state index is 12.6. The average Bonchev–Trinajstić information content (AvgIpc) is 2.59. The lowest BCUT2D eigenvalue weighted by molar-refractivity contribution is -0.153. The number of pyridine rings is 1. The maximum absolute atomic E-state index is 12.6. The van der Waals surface area contributed by atoms with Crippen LogP contribution in [0, 0.1) is 30.1 Å². The molecule has 0 unspecified atom stereocenters. The van der Waals surface area contributed by atoms with Gasteiger partial charge in [0.2, 0.25) is 0 Å². The molecule has 4 saturated carbocycles. The standard InChI is InChI=1S/C22H26N2O3/c1-14-2-3-19-23-18(7-20(25)24(19)12-14)13-27-21(26)11-22-8-15-4-16(9-22)6-17(5-15)10-22/h2-3,7,12,15-17H,4-6,8-11,13H2,1H3. The lowest BCUT2D eigenvalue weighted by Crippen LogP contribution is -2.47. The highest BCUT2D eigenvalue weighted by Gasteiger charge is 2.51. The van der Waals surface area contributed by atoms with E-state index >= 15 is 0 Å². The summed E-state index contributed by atoms with van der Waals surface area (Å²) in [5.41, 5.74) is 2.14. The van der Waals surface area contributed by atoms with E-state index in [1.165, 1.54) is 49.0 Å². The van der Waals surface area contributed by atoms with Gasteiger partial charge in [0.05, 0.1) is 12.1 Å². The monoisotopic (exact) mass is 366 g/mol. The Hall–Kier alpha value is -2.17. The van der Waals surface area contributed by atoms with Crippen molar-refractivity contribution in [3.8, 4) is 0 Å². The largest absolute Gasteiger partial charge is 0.459 e. The third-order valence-corrected chi connectivity index (χ3v) is 6.93. The summed E-state index contributed by atoms with van der Waals surface area (Å²) in [5.74, 6) is 2.35. The van der Waals surface area contributed by atoms with Crippen molar-refractivity contribution in [3.63, 3.8) is 0 Å². The van der Waals surface area contributed by atoms with Crippen molar-refractivity contribution < 1.29 is 9.53 Å². The van der Waals surface area contributed by atoms with E-state index < -0.39 is 0 Å². The van der Waals surface area contributed by atoms with Crippen molar-refractivity contribution in [2.24, 2.45) is 23.2 Å². The number of carbonyl (C=O) groups is 1. The highest BCUT2D eigenvalue weighted by molar-refractivity contribution is 5.70. The summed E-state index contributed by atoms with van der Waals surface area (Å²) in [4.78, 5) is 29.3. The minimum Gasteiger partial charge on any atom is -0.459 e. The predicted octanol–water partition coefficient (Wildman–Crippen LogP) is 3.65. The Morgan fingerprint density at radius 2 is 1.85 bits per heavy atom. The fraction of sp³-hybridized carbons (Fsp3) is 0.591. The van der Waals surface area contributed by atoms with E-state index in [1.54, 1.807) is 6.20 Å². The zero-order valence-electron chi connectivity index (χ0n) is 15.8. The molecule has 0 saturated heterocycles. The minimum absolute atomic E-state index is 0.0742. The number of aryl methyl sites for hydroxylation is 1. The molecule has 5 nitrogen and oxygen atoms in total. The van der Waals surface area contributed by atoms with Gasteiger partial charge in [0.15, 0.2) is 0 Å². The highest BCUT2D eigenvalue weighted by Crippen LogP contribution is 2.61.